The Kier molecular flexibility index (Phi) is 5.62. The van der Waals surface area contributed by atoms with Crippen molar-refractivity contribution in [2.45, 2.75) is 9.79 Å². The fourth-order valence-electron chi connectivity index (χ4n) is 2.45. The van der Waals surface area contributed by atoms with Crippen LogP contribution in [-0.4, -0.2) is 26.9 Å². The number of aromatic hydroxyl groups is 1. The Morgan fingerprint density at radius 1 is 0.733 bits per heavy atom. The smallest absolute Gasteiger partial charge is 0.312 e. The van der Waals surface area contributed by atoms with Crippen LogP contribution in [-0.2, 0) is 20.0 Å². The molecule has 0 saturated carbocycles. The molecular formula is C18H15N3O7S2. The van der Waals surface area contributed by atoms with E-state index in [1.165, 1.54) is 24.3 Å². The summed E-state index contributed by atoms with van der Waals surface area (Å²) in [6.07, 6.45) is 0. The Hall–Kier alpha value is -3.64. The molecule has 3 aromatic rings. The van der Waals surface area contributed by atoms with E-state index in [9.17, 15) is 32.1 Å². The first-order valence-corrected chi connectivity index (χ1v) is 11.2. The van der Waals surface area contributed by atoms with Crippen LogP contribution in [0, 0.1) is 10.1 Å². The van der Waals surface area contributed by atoms with Crippen LogP contribution in [0.2, 0.25) is 0 Å². The monoisotopic (exact) mass is 449 g/mol. The Balaban J connectivity index is 1.81. The van der Waals surface area contributed by atoms with Gasteiger partial charge in [-0.1, -0.05) is 18.2 Å². The van der Waals surface area contributed by atoms with Gasteiger partial charge in [-0.15, -0.1) is 0 Å². The van der Waals surface area contributed by atoms with E-state index >= 15 is 0 Å². The molecule has 3 rings (SSSR count). The molecule has 0 aliphatic heterocycles. The van der Waals surface area contributed by atoms with E-state index in [1.54, 1.807) is 30.3 Å². The summed E-state index contributed by atoms with van der Waals surface area (Å²) in [7, 11) is -8.09. The average Bonchev–Trinajstić information content (AvgIpc) is 2.68. The van der Waals surface area contributed by atoms with Crippen molar-refractivity contribution in [1.29, 1.82) is 0 Å². The zero-order chi connectivity index (χ0) is 21.9. The molecule has 30 heavy (non-hydrogen) atoms. The van der Waals surface area contributed by atoms with Crippen molar-refractivity contribution >= 4 is 37.1 Å². The largest absolute Gasteiger partial charge is 0.502 e. The van der Waals surface area contributed by atoms with Gasteiger partial charge in [-0.25, -0.2) is 16.8 Å². The number of nitro groups is 1. The highest BCUT2D eigenvalue weighted by Gasteiger charge is 2.22. The molecule has 0 atom stereocenters. The Bertz CT molecular complexity index is 1290. The van der Waals surface area contributed by atoms with Gasteiger partial charge in [0.2, 0.25) is 0 Å². The van der Waals surface area contributed by atoms with Crippen LogP contribution in [0.15, 0.2) is 82.6 Å². The maximum absolute atomic E-state index is 12.5. The Morgan fingerprint density at radius 3 is 1.80 bits per heavy atom. The van der Waals surface area contributed by atoms with Crippen molar-refractivity contribution in [3.8, 4) is 5.75 Å². The zero-order valence-electron chi connectivity index (χ0n) is 15.1. The van der Waals surface area contributed by atoms with E-state index < -0.39 is 41.3 Å². The van der Waals surface area contributed by atoms with Crippen LogP contribution >= 0.6 is 0 Å². The molecule has 0 bridgehead atoms. The molecule has 0 heterocycles. The number of rotatable bonds is 7. The molecule has 10 nitrogen and oxygen atoms in total. The molecule has 156 valence electrons. The van der Waals surface area contributed by atoms with Crippen LogP contribution in [0.1, 0.15) is 0 Å². The number of benzene rings is 3. The van der Waals surface area contributed by atoms with E-state index in [4.69, 9.17) is 0 Å². The molecule has 0 spiro atoms. The van der Waals surface area contributed by atoms with Gasteiger partial charge in [-0.2, -0.15) is 0 Å². The summed E-state index contributed by atoms with van der Waals surface area (Å²) in [4.78, 5) is 9.46. The van der Waals surface area contributed by atoms with Crippen LogP contribution in [0.4, 0.5) is 17.1 Å². The molecule has 3 aromatic carbocycles. The Morgan fingerprint density at radius 2 is 1.23 bits per heavy atom. The zero-order valence-corrected chi connectivity index (χ0v) is 16.7. The number of nitrogens with zero attached hydrogens (tertiary/aromatic N) is 1. The van der Waals surface area contributed by atoms with Gasteiger partial charge in [0.1, 0.15) is 0 Å². The number of sulfonamides is 2. The van der Waals surface area contributed by atoms with Crippen molar-refractivity contribution in [2.24, 2.45) is 0 Å². The van der Waals surface area contributed by atoms with Gasteiger partial charge in [-0.05, 0) is 48.5 Å². The third-order valence-electron chi connectivity index (χ3n) is 3.90. The third-order valence-corrected chi connectivity index (χ3v) is 6.67. The summed E-state index contributed by atoms with van der Waals surface area (Å²) in [6.45, 7) is 0. The quantitative estimate of drug-likeness (QED) is 0.370. The summed E-state index contributed by atoms with van der Waals surface area (Å²) >= 11 is 0. The SMILES string of the molecule is O=[N+]([O-])c1cc(S(=O)(=O)Nc2ccc(S(=O)(=O)Nc3ccccc3)cc2)ccc1O. The molecule has 0 radical (unpaired) electrons. The molecule has 0 aliphatic rings. The number of phenolic OH excluding ortho intramolecular Hbond substituents is 1. The standard InChI is InChI=1S/C18H15N3O7S2/c22-18-11-10-16(12-17(18)21(23)24)30(27,28)20-14-6-8-15(9-7-14)29(25,26)19-13-4-2-1-3-5-13/h1-12,19-20,22H. The first-order valence-electron chi connectivity index (χ1n) is 8.27. The second-order valence-electron chi connectivity index (χ2n) is 6.01. The minimum atomic E-state index is -4.21. The predicted molar refractivity (Wildman–Crippen MR) is 109 cm³/mol. The van der Waals surface area contributed by atoms with E-state index in [1.807, 2.05) is 0 Å². The van der Waals surface area contributed by atoms with E-state index in [0.29, 0.717) is 5.69 Å². The fraction of sp³-hybridized carbons (Fsp3) is 0. The minimum Gasteiger partial charge on any atom is -0.502 e. The van der Waals surface area contributed by atoms with Crippen molar-refractivity contribution < 1.29 is 26.9 Å². The first-order chi connectivity index (χ1) is 14.1. The Labute approximate surface area is 172 Å². The van der Waals surface area contributed by atoms with E-state index in [-0.39, 0.29) is 10.6 Å². The molecule has 0 aromatic heterocycles. The number of para-hydroxylation sites is 1. The number of nitro benzene ring substituents is 1. The summed E-state index contributed by atoms with van der Waals surface area (Å²) in [5.41, 5.74) is -0.341. The molecule has 0 aliphatic carbocycles. The minimum absolute atomic E-state index is 0.0457. The molecule has 3 N–H and O–H groups in total. The lowest BCUT2D eigenvalue weighted by Crippen LogP contribution is -2.14. The molecule has 0 fully saturated rings. The highest BCUT2D eigenvalue weighted by Crippen LogP contribution is 2.29. The predicted octanol–water partition coefficient (Wildman–Crippen LogP) is 2.90. The van der Waals surface area contributed by atoms with Crippen LogP contribution < -0.4 is 9.44 Å². The van der Waals surface area contributed by atoms with Gasteiger partial charge >= 0.3 is 5.69 Å². The lowest BCUT2D eigenvalue weighted by molar-refractivity contribution is -0.386. The lowest BCUT2D eigenvalue weighted by Gasteiger charge is -2.10. The number of hydrogen-bond acceptors (Lipinski definition) is 7. The lowest BCUT2D eigenvalue weighted by atomic mass is 10.3. The normalized spacial score (nSPS) is 11.6. The summed E-state index contributed by atoms with van der Waals surface area (Å²) in [5.74, 6) is -0.667. The van der Waals surface area contributed by atoms with Gasteiger partial charge in [0, 0.05) is 17.4 Å². The molecule has 12 heteroatoms. The van der Waals surface area contributed by atoms with Gasteiger partial charge < -0.3 is 5.11 Å². The highest BCUT2D eigenvalue weighted by molar-refractivity contribution is 7.93. The van der Waals surface area contributed by atoms with Gasteiger partial charge in [0.05, 0.1) is 14.7 Å². The second-order valence-corrected chi connectivity index (χ2v) is 9.37. The molecule has 0 amide bonds. The third kappa shape index (κ3) is 4.67. The maximum Gasteiger partial charge on any atom is 0.312 e. The summed E-state index contributed by atoms with van der Waals surface area (Å²) in [6, 6.07) is 15.8. The number of phenols is 1. The second kappa shape index (κ2) is 8.00. The maximum atomic E-state index is 12.5. The van der Waals surface area contributed by atoms with Crippen LogP contribution in [0.25, 0.3) is 0 Å². The van der Waals surface area contributed by atoms with Gasteiger partial charge in [0.15, 0.2) is 5.75 Å². The summed E-state index contributed by atoms with van der Waals surface area (Å²) in [5, 5.41) is 20.3. The van der Waals surface area contributed by atoms with Gasteiger partial charge in [-0.3, -0.25) is 19.6 Å². The number of anilines is 2. The number of nitrogens with one attached hydrogen (secondary N) is 2. The fourth-order valence-corrected chi connectivity index (χ4v) is 4.59. The van der Waals surface area contributed by atoms with Gasteiger partial charge in [0.25, 0.3) is 20.0 Å². The van der Waals surface area contributed by atoms with Crippen LogP contribution in [0.3, 0.4) is 0 Å². The van der Waals surface area contributed by atoms with Crippen LogP contribution in [0.5, 0.6) is 5.75 Å². The highest BCUT2D eigenvalue weighted by atomic mass is 32.2. The van der Waals surface area contributed by atoms with Crippen molar-refractivity contribution in [1.82, 2.24) is 0 Å². The van der Waals surface area contributed by atoms with E-state index in [0.717, 1.165) is 18.2 Å². The summed E-state index contributed by atoms with van der Waals surface area (Å²) < 4.78 is 54.4. The first kappa shape index (κ1) is 21.1. The molecule has 0 saturated heterocycles. The topological polar surface area (TPSA) is 156 Å². The average molecular weight is 449 g/mol. The molecule has 0 unspecified atom stereocenters. The van der Waals surface area contributed by atoms with E-state index in [2.05, 4.69) is 9.44 Å². The number of hydrogen-bond donors (Lipinski definition) is 3. The van der Waals surface area contributed by atoms with Crippen molar-refractivity contribution in [3.63, 3.8) is 0 Å². The molecular weight excluding hydrogens is 434 g/mol. The van der Waals surface area contributed by atoms with Crippen molar-refractivity contribution in [3.05, 3.63) is 82.9 Å². The van der Waals surface area contributed by atoms with Crippen molar-refractivity contribution in [2.75, 3.05) is 9.44 Å².